The van der Waals surface area contributed by atoms with Gasteiger partial charge in [-0.2, -0.15) is 0 Å². The summed E-state index contributed by atoms with van der Waals surface area (Å²) >= 11 is 0. The molecule has 0 fully saturated rings. The third-order valence-corrected chi connectivity index (χ3v) is 5.12. The predicted molar refractivity (Wildman–Crippen MR) is 74.6 cm³/mol. The first kappa shape index (κ1) is 15.0. The van der Waals surface area contributed by atoms with Gasteiger partial charge in [0.05, 0.1) is 23.5 Å². The zero-order valence-corrected chi connectivity index (χ0v) is 12.0. The second-order valence-electron chi connectivity index (χ2n) is 4.69. The molecule has 0 spiro atoms. The average Bonchev–Trinajstić information content (AvgIpc) is 2.40. The molecule has 1 heterocycles. The highest BCUT2D eigenvalue weighted by atomic mass is 32.2. The Kier molecular flexibility index (Phi) is 4.77. The van der Waals surface area contributed by atoms with E-state index in [1.807, 2.05) is 0 Å². The zero-order chi connectivity index (χ0) is 14.6. The highest BCUT2D eigenvalue weighted by Gasteiger charge is 2.30. The molecule has 0 saturated carbocycles. The summed E-state index contributed by atoms with van der Waals surface area (Å²) in [5.74, 6) is -0.324. The average molecular weight is 299 g/mol. The summed E-state index contributed by atoms with van der Waals surface area (Å²) in [6.45, 7) is 4.68. The maximum absolute atomic E-state index is 13.4. The molecule has 1 aliphatic rings. The van der Waals surface area contributed by atoms with Crippen LogP contribution in [0.3, 0.4) is 0 Å². The van der Waals surface area contributed by atoms with Crippen LogP contribution in [0.15, 0.2) is 35.9 Å². The summed E-state index contributed by atoms with van der Waals surface area (Å²) in [4.78, 5) is 0.241. The first-order chi connectivity index (χ1) is 9.54. The Hall–Kier alpha value is -1.40. The van der Waals surface area contributed by atoms with E-state index in [-0.39, 0.29) is 16.7 Å². The van der Waals surface area contributed by atoms with Gasteiger partial charge in [-0.1, -0.05) is 6.58 Å². The molecule has 1 N–H and O–H groups in total. The van der Waals surface area contributed by atoms with E-state index in [4.69, 9.17) is 4.74 Å². The quantitative estimate of drug-likeness (QED) is 0.497. The van der Waals surface area contributed by atoms with E-state index in [1.165, 1.54) is 24.5 Å². The Morgan fingerprint density at radius 2 is 2.30 bits per heavy atom. The first-order valence-electron chi connectivity index (χ1n) is 6.52. The minimum atomic E-state index is -3.28. The van der Waals surface area contributed by atoms with Gasteiger partial charge in [0.2, 0.25) is 0 Å². The smallest absolute Gasteiger partial charge is 0.178 e. The molecular weight excluding hydrogens is 281 g/mol. The van der Waals surface area contributed by atoms with E-state index in [0.717, 1.165) is 6.42 Å². The Labute approximate surface area is 118 Å². The first-order valence-corrected chi connectivity index (χ1v) is 8.18. The van der Waals surface area contributed by atoms with Crippen LogP contribution in [0.25, 0.3) is 0 Å². The molecule has 6 heteroatoms. The van der Waals surface area contributed by atoms with Crippen molar-refractivity contribution in [1.82, 2.24) is 5.32 Å². The monoisotopic (exact) mass is 299 g/mol. The zero-order valence-electron chi connectivity index (χ0n) is 11.1. The van der Waals surface area contributed by atoms with Crippen molar-refractivity contribution < 1.29 is 17.5 Å². The molecule has 4 nitrogen and oxygen atoms in total. The van der Waals surface area contributed by atoms with Crippen molar-refractivity contribution >= 4 is 9.84 Å². The van der Waals surface area contributed by atoms with Crippen molar-refractivity contribution in [3.05, 3.63) is 42.4 Å². The lowest BCUT2D eigenvalue weighted by Gasteiger charge is -2.26. The standard InChI is InChI=1S/C14H18FNO3S/c1-2-19-8-3-7-16-13-6-9-20(17,18)14-5-4-11(15)10-12(13)14/h2,4-5,10,13,16H,1,3,6-9H2. The number of ether oxygens (including phenoxy) is 1. The van der Waals surface area contributed by atoms with Gasteiger partial charge in [0, 0.05) is 6.04 Å². The fourth-order valence-electron chi connectivity index (χ4n) is 2.34. The highest BCUT2D eigenvalue weighted by molar-refractivity contribution is 7.91. The van der Waals surface area contributed by atoms with Crippen molar-refractivity contribution in [2.24, 2.45) is 0 Å². The fraction of sp³-hybridized carbons (Fsp3) is 0.429. The second-order valence-corrected chi connectivity index (χ2v) is 6.76. The van der Waals surface area contributed by atoms with E-state index in [0.29, 0.717) is 25.1 Å². The minimum Gasteiger partial charge on any atom is -0.502 e. The largest absolute Gasteiger partial charge is 0.502 e. The predicted octanol–water partition coefficient (Wildman–Crippen LogP) is 2.18. The molecule has 0 aromatic heterocycles. The molecular formula is C14H18FNO3S. The summed E-state index contributed by atoms with van der Waals surface area (Å²) in [7, 11) is -3.28. The van der Waals surface area contributed by atoms with Gasteiger partial charge in [0.25, 0.3) is 0 Å². The normalized spacial score (nSPS) is 20.1. The molecule has 1 atom stereocenters. The number of nitrogens with one attached hydrogen (secondary N) is 1. The molecule has 20 heavy (non-hydrogen) atoms. The van der Waals surface area contributed by atoms with Gasteiger partial charge in [-0.25, -0.2) is 12.8 Å². The fourth-order valence-corrected chi connectivity index (χ4v) is 3.94. The number of benzene rings is 1. The Morgan fingerprint density at radius 1 is 1.50 bits per heavy atom. The maximum atomic E-state index is 13.4. The molecule has 0 radical (unpaired) electrons. The van der Waals surface area contributed by atoms with Crippen LogP contribution in [0.5, 0.6) is 0 Å². The van der Waals surface area contributed by atoms with Gasteiger partial charge in [0.15, 0.2) is 9.84 Å². The molecule has 2 rings (SSSR count). The molecule has 110 valence electrons. The van der Waals surface area contributed by atoms with Gasteiger partial charge in [-0.3, -0.25) is 0 Å². The molecule has 0 aliphatic carbocycles. The van der Waals surface area contributed by atoms with Crippen LogP contribution in [0.1, 0.15) is 24.4 Å². The van der Waals surface area contributed by atoms with Crippen LogP contribution in [-0.4, -0.2) is 27.3 Å². The van der Waals surface area contributed by atoms with Crippen molar-refractivity contribution in [3.63, 3.8) is 0 Å². The van der Waals surface area contributed by atoms with Crippen molar-refractivity contribution in [2.45, 2.75) is 23.8 Å². The maximum Gasteiger partial charge on any atom is 0.178 e. The van der Waals surface area contributed by atoms with Crippen LogP contribution >= 0.6 is 0 Å². The van der Waals surface area contributed by atoms with Crippen molar-refractivity contribution in [3.8, 4) is 0 Å². The highest BCUT2D eigenvalue weighted by Crippen LogP contribution is 2.32. The van der Waals surface area contributed by atoms with Gasteiger partial charge < -0.3 is 10.1 Å². The topological polar surface area (TPSA) is 55.4 Å². The number of hydrogen-bond donors (Lipinski definition) is 1. The van der Waals surface area contributed by atoms with E-state index in [2.05, 4.69) is 11.9 Å². The van der Waals surface area contributed by atoms with E-state index in [1.54, 1.807) is 0 Å². The second kappa shape index (κ2) is 6.37. The van der Waals surface area contributed by atoms with Crippen LogP contribution in [0, 0.1) is 5.82 Å². The lowest BCUT2D eigenvalue weighted by Crippen LogP contribution is -2.30. The van der Waals surface area contributed by atoms with Gasteiger partial charge >= 0.3 is 0 Å². The van der Waals surface area contributed by atoms with E-state index in [9.17, 15) is 12.8 Å². The third kappa shape index (κ3) is 3.37. The van der Waals surface area contributed by atoms with Gasteiger partial charge in [0.1, 0.15) is 5.82 Å². The molecule has 1 aromatic rings. The van der Waals surface area contributed by atoms with Crippen LogP contribution in [0.2, 0.25) is 0 Å². The van der Waals surface area contributed by atoms with Crippen LogP contribution in [-0.2, 0) is 14.6 Å². The summed E-state index contributed by atoms with van der Waals surface area (Å²) in [6, 6.07) is 3.72. The summed E-state index contributed by atoms with van der Waals surface area (Å²) in [5, 5.41) is 3.26. The molecule has 1 unspecified atom stereocenters. The molecule has 1 aromatic carbocycles. The van der Waals surface area contributed by atoms with E-state index >= 15 is 0 Å². The number of halogens is 1. The molecule has 1 aliphatic heterocycles. The van der Waals surface area contributed by atoms with Crippen LogP contribution < -0.4 is 5.32 Å². The summed E-state index contributed by atoms with van der Waals surface area (Å²) < 4.78 is 42.3. The molecule has 0 bridgehead atoms. The number of fused-ring (bicyclic) bond motifs is 1. The lowest BCUT2D eigenvalue weighted by atomic mass is 10.0. The molecule has 0 amide bonds. The Balaban J connectivity index is 2.09. The van der Waals surface area contributed by atoms with Crippen molar-refractivity contribution in [2.75, 3.05) is 18.9 Å². The summed E-state index contributed by atoms with van der Waals surface area (Å²) in [6.07, 6.45) is 2.62. The van der Waals surface area contributed by atoms with Crippen LogP contribution in [0.4, 0.5) is 4.39 Å². The Bertz CT molecular complexity index is 586. The Morgan fingerprint density at radius 3 is 3.05 bits per heavy atom. The summed E-state index contributed by atoms with van der Waals surface area (Å²) in [5.41, 5.74) is 0.529. The number of rotatable bonds is 6. The number of sulfone groups is 1. The third-order valence-electron chi connectivity index (χ3n) is 3.31. The minimum absolute atomic E-state index is 0.0897. The van der Waals surface area contributed by atoms with Gasteiger partial charge in [-0.15, -0.1) is 0 Å². The van der Waals surface area contributed by atoms with Crippen molar-refractivity contribution in [1.29, 1.82) is 0 Å². The van der Waals surface area contributed by atoms with Gasteiger partial charge in [-0.05, 0) is 43.1 Å². The SMILES string of the molecule is C=COCCCNC1CCS(=O)(=O)c2ccc(F)cc21. The van der Waals surface area contributed by atoms with E-state index < -0.39 is 15.7 Å². The lowest BCUT2D eigenvalue weighted by molar-refractivity contribution is 0.242. The number of hydrogen-bond acceptors (Lipinski definition) is 4. The molecule has 0 saturated heterocycles.